The third kappa shape index (κ3) is 2.45. The van der Waals surface area contributed by atoms with Gasteiger partial charge in [-0.15, -0.1) is 0 Å². The van der Waals surface area contributed by atoms with Crippen LogP contribution in [-0.4, -0.2) is 22.9 Å². The van der Waals surface area contributed by atoms with E-state index in [0.29, 0.717) is 39.8 Å². The number of aldehydes is 1. The summed E-state index contributed by atoms with van der Waals surface area (Å²) in [5.41, 5.74) is 1.42. The van der Waals surface area contributed by atoms with Crippen LogP contribution >= 0.6 is 0 Å². The minimum Gasteiger partial charge on any atom is -0.496 e. The van der Waals surface area contributed by atoms with Crippen LogP contribution in [0.3, 0.4) is 0 Å². The predicted octanol–water partition coefficient (Wildman–Crippen LogP) is 2.08. The van der Waals surface area contributed by atoms with Crippen molar-refractivity contribution in [2.45, 2.75) is 0 Å². The van der Waals surface area contributed by atoms with Crippen molar-refractivity contribution in [3.05, 3.63) is 64.2 Å². The molecule has 112 valence electrons. The number of aromatic nitrogens is 2. The molecule has 0 aliphatic heterocycles. The van der Waals surface area contributed by atoms with Crippen LogP contribution in [0, 0.1) is 11.3 Å². The second-order valence-corrected chi connectivity index (χ2v) is 4.81. The van der Waals surface area contributed by atoms with Gasteiger partial charge in [0.15, 0.2) is 6.29 Å². The zero-order valence-electron chi connectivity index (χ0n) is 12.2. The first-order valence-electron chi connectivity index (χ1n) is 6.73. The van der Waals surface area contributed by atoms with Gasteiger partial charge in [-0.1, -0.05) is 0 Å². The molecule has 0 fully saturated rings. The van der Waals surface area contributed by atoms with Gasteiger partial charge in [-0.3, -0.25) is 14.2 Å². The van der Waals surface area contributed by atoms with E-state index >= 15 is 0 Å². The van der Waals surface area contributed by atoms with Crippen LogP contribution < -0.4 is 10.3 Å². The summed E-state index contributed by atoms with van der Waals surface area (Å²) in [5.74, 6) is 0.428. The second kappa shape index (κ2) is 5.73. The molecule has 0 aliphatic rings. The molecular formula is C17H11N3O3. The van der Waals surface area contributed by atoms with Gasteiger partial charge in [0.1, 0.15) is 12.1 Å². The first kappa shape index (κ1) is 14.5. The molecule has 1 heterocycles. The molecule has 0 unspecified atom stereocenters. The van der Waals surface area contributed by atoms with Crippen LogP contribution in [-0.2, 0) is 0 Å². The summed E-state index contributed by atoms with van der Waals surface area (Å²) in [6.07, 6.45) is 2.06. The quantitative estimate of drug-likeness (QED) is 0.692. The fourth-order valence-electron chi connectivity index (χ4n) is 2.34. The van der Waals surface area contributed by atoms with Crippen LogP contribution in [0.15, 0.2) is 47.5 Å². The maximum atomic E-state index is 12.6. The molecule has 0 atom stereocenters. The molecule has 6 heteroatoms. The van der Waals surface area contributed by atoms with E-state index in [4.69, 9.17) is 10.00 Å². The third-order valence-corrected chi connectivity index (χ3v) is 3.51. The van der Waals surface area contributed by atoms with Crippen molar-refractivity contribution in [2.75, 3.05) is 7.11 Å². The summed E-state index contributed by atoms with van der Waals surface area (Å²) in [5, 5.41) is 9.31. The normalized spacial score (nSPS) is 10.3. The number of fused-ring (bicyclic) bond motifs is 1. The van der Waals surface area contributed by atoms with Crippen LogP contribution in [0.4, 0.5) is 0 Å². The molecule has 0 aliphatic carbocycles. The van der Waals surface area contributed by atoms with Crippen LogP contribution in [0.5, 0.6) is 5.75 Å². The molecule has 0 saturated heterocycles. The van der Waals surface area contributed by atoms with Crippen molar-refractivity contribution in [3.8, 4) is 17.5 Å². The highest BCUT2D eigenvalue weighted by Crippen LogP contribution is 2.20. The largest absolute Gasteiger partial charge is 0.496 e. The minimum absolute atomic E-state index is 0.311. The molecule has 3 rings (SSSR count). The topological polar surface area (TPSA) is 85.0 Å². The fraction of sp³-hybridized carbons (Fsp3) is 0.0588. The van der Waals surface area contributed by atoms with E-state index in [2.05, 4.69) is 4.98 Å². The standard InChI is InChI=1S/C17H11N3O3/c1-23-16-5-3-13(7-12(16)9-21)20-10-19-15-4-2-11(8-18)6-14(15)17(20)22/h2-7,9-10H,1H3. The van der Waals surface area contributed by atoms with Gasteiger partial charge in [0, 0.05) is 0 Å². The molecule has 0 bridgehead atoms. The van der Waals surface area contributed by atoms with Crippen molar-refractivity contribution in [1.29, 1.82) is 5.26 Å². The molecule has 6 nitrogen and oxygen atoms in total. The Bertz CT molecular complexity index is 1020. The zero-order chi connectivity index (χ0) is 16.4. The van der Waals surface area contributed by atoms with E-state index < -0.39 is 0 Å². The van der Waals surface area contributed by atoms with Crippen LogP contribution in [0.25, 0.3) is 16.6 Å². The van der Waals surface area contributed by atoms with E-state index in [1.165, 1.54) is 24.1 Å². The first-order chi connectivity index (χ1) is 11.2. The monoisotopic (exact) mass is 305 g/mol. The molecule has 0 spiro atoms. The third-order valence-electron chi connectivity index (χ3n) is 3.51. The van der Waals surface area contributed by atoms with Gasteiger partial charge in [-0.25, -0.2) is 4.98 Å². The van der Waals surface area contributed by atoms with Crippen LogP contribution in [0.1, 0.15) is 15.9 Å². The highest BCUT2D eigenvalue weighted by Gasteiger charge is 2.09. The number of ether oxygens (including phenoxy) is 1. The maximum Gasteiger partial charge on any atom is 0.265 e. The first-order valence-corrected chi connectivity index (χ1v) is 6.73. The average molecular weight is 305 g/mol. The Morgan fingerprint density at radius 1 is 1.26 bits per heavy atom. The molecule has 3 aromatic rings. The molecule has 0 saturated carbocycles. The predicted molar refractivity (Wildman–Crippen MR) is 84.0 cm³/mol. The van der Waals surface area contributed by atoms with Gasteiger partial charge < -0.3 is 4.74 Å². The lowest BCUT2D eigenvalue weighted by atomic mass is 10.1. The summed E-state index contributed by atoms with van der Waals surface area (Å²) in [6.45, 7) is 0. The lowest BCUT2D eigenvalue weighted by molar-refractivity contribution is 0.112. The summed E-state index contributed by atoms with van der Waals surface area (Å²) >= 11 is 0. The fourth-order valence-corrected chi connectivity index (χ4v) is 2.34. The van der Waals surface area contributed by atoms with Crippen molar-refractivity contribution >= 4 is 17.2 Å². The maximum absolute atomic E-state index is 12.6. The van der Waals surface area contributed by atoms with E-state index in [-0.39, 0.29) is 5.56 Å². The Labute approximate surface area is 131 Å². The van der Waals surface area contributed by atoms with E-state index in [1.54, 1.807) is 30.3 Å². The Kier molecular flexibility index (Phi) is 3.61. The highest BCUT2D eigenvalue weighted by atomic mass is 16.5. The highest BCUT2D eigenvalue weighted by molar-refractivity contribution is 5.81. The zero-order valence-corrected chi connectivity index (χ0v) is 12.2. The summed E-state index contributed by atoms with van der Waals surface area (Å²) in [6, 6.07) is 11.6. The van der Waals surface area contributed by atoms with Gasteiger partial charge >= 0.3 is 0 Å². The molecule has 2 aromatic carbocycles. The van der Waals surface area contributed by atoms with E-state index in [0.717, 1.165) is 0 Å². The molecule has 0 amide bonds. The lowest BCUT2D eigenvalue weighted by Gasteiger charge is -2.09. The van der Waals surface area contributed by atoms with Gasteiger partial charge in [0.2, 0.25) is 0 Å². The summed E-state index contributed by atoms with van der Waals surface area (Å²) in [7, 11) is 1.47. The Morgan fingerprint density at radius 3 is 2.78 bits per heavy atom. The number of rotatable bonds is 3. The second-order valence-electron chi connectivity index (χ2n) is 4.81. The summed E-state index contributed by atoms with van der Waals surface area (Å²) in [4.78, 5) is 28.0. The number of nitrogens with zero attached hydrogens (tertiary/aromatic N) is 3. The van der Waals surface area contributed by atoms with Gasteiger partial charge in [-0.2, -0.15) is 5.26 Å². The number of benzene rings is 2. The number of hydrogen-bond acceptors (Lipinski definition) is 5. The Balaban J connectivity index is 2.25. The molecule has 0 radical (unpaired) electrons. The molecular weight excluding hydrogens is 294 g/mol. The minimum atomic E-state index is -0.311. The van der Waals surface area contributed by atoms with Gasteiger partial charge in [0.25, 0.3) is 5.56 Å². The Morgan fingerprint density at radius 2 is 2.09 bits per heavy atom. The Hall–Kier alpha value is -3.46. The molecule has 1 aromatic heterocycles. The molecule has 0 N–H and O–H groups in total. The van der Waals surface area contributed by atoms with Crippen molar-refractivity contribution < 1.29 is 9.53 Å². The van der Waals surface area contributed by atoms with Crippen LogP contribution in [0.2, 0.25) is 0 Å². The summed E-state index contributed by atoms with van der Waals surface area (Å²) < 4.78 is 6.42. The van der Waals surface area contributed by atoms with Gasteiger partial charge in [-0.05, 0) is 36.4 Å². The van der Waals surface area contributed by atoms with E-state index in [9.17, 15) is 9.59 Å². The molecule has 23 heavy (non-hydrogen) atoms. The average Bonchev–Trinajstić information content (AvgIpc) is 2.61. The number of methoxy groups -OCH3 is 1. The lowest BCUT2D eigenvalue weighted by Crippen LogP contribution is -2.19. The van der Waals surface area contributed by atoms with Gasteiger partial charge in [0.05, 0.1) is 40.9 Å². The van der Waals surface area contributed by atoms with Crippen molar-refractivity contribution in [1.82, 2.24) is 9.55 Å². The van der Waals surface area contributed by atoms with Crippen molar-refractivity contribution in [3.63, 3.8) is 0 Å². The van der Waals surface area contributed by atoms with E-state index in [1.807, 2.05) is 6.07 Å². The van der Waals surface area contributed by atoms with Crippen molar-refractivity contribution in [2.24, 2.45) is 0 Å². The number of nitriles is 1. The smallest absolute Gasteiger partial charge is 0.265 e. The number of carbonyl (C=O) groups is 1. The SMILES string of the molecule is COc1ccc(-n2cnc3ccc(C#N)cc3c2=O)cc1C=O. The number of hydrogen-bond donors (Lipinski definition) is 0. The number of carbonyl (C=O) groups excluding carboxylic acids is 1.